The van der Waals surface area contributed by atoms with E-state index in [1.807, 2.05) is 6.92 Å². The average molecular weight is 332 g/mol. The lowest BCUT2D eigenvalue weighted by Gasteiger charge is -2.39. The molecule has 3 rings (SSSR count). The number of halogens is 1. The zero-order chi connectivity index (χ0) is 15.0. The molecule has 0 radical (unpaired) electrons. The predicted octanol–water partition coefficient (Wildman–Crippen LogP) is 3.30. The van der Waals surface area contributed by atoms with Crippen LogP contribution in [0.4, 0.5) is 0 Å². The van der Waals surface area contributed by atoms with Crippen molar-refractivity contribution in [2.24, 2.45) is 11.8 Å². The summed E-state index contributed by atoms with van der Waals surface area (Å²) in [6.45, 7) is 2.44. The Labute approximate surface area is 130 Å². The second-order valence-corrected chi connectivity index (χ2v) is 8.80. The van der Waals surface area contributed by atoms with Gasteiger partial charge in [-0.3, -0.25) is 0 Å². The Balaban J connectivity index is 1.86. The van der Waals surface area contributed by atoms with Crippen LogP contribution in [0.5, 0.6) is 0 Å². The Bertz CT molecular complexity index is 614. The summed E-state index contributed by atoms with van der Waals surface area (Å²) in [4.78, 5) is 0. The highest BCUT2D eigenvalue weighted by Gasteiger charge is 2.35. The predicted molar refractivity (Wildman–Crippen MR) is 80.8 cm³/mol. The Morgan fingerprint density at radius 3 is 2.52 bits per heavy atom. The van der Waals surface area contributed by atoms with Crippen LogP contribution in [0, 0.1) is 11.8 Å². The minimum Gasteiger partial charge on any atom is -0.301 e. The van der Waals surface area contributed by atoms with E-state index in [0.29, 0.717) is 12.5 Å². The van der Waals surface area contributed by atoms with E-state index in [1.54, 1.807) is 4.57 Å². The fourth-order valence-corrected chi connectivity index (χ4v) is 5.15. The Morgan fingerprint density at radius 2 is 1.86 bits per heavy atom. The van der Waals surface area contributed by atoms with Crippen molar-refractivity contribution in [3.63, 3.8) is 0 Å². The Kier molecular flexibility index (Phi) is 4.28. The molecule has 7 heteroatoms. The highest BCUT2D eigenvalue weighted by Crippen LogP contribution is 2.45. The van der Waals surface area contributed by atoms with Crippen molar-refractivity contribution in [1.82, 2.24) is 14.8 Å². The summed E-state index contributed by atoms with van der Waals surface area (Å²) in [6, 6.07) is 0. The molecule has 21 heavy (non-hydrogen) atoms. The summed E-state index contributed by atoms with van der Waals surface area (Å²) >= 11 is 0. The molecular formula is C14H22ClN3O2S. The van der Waals surface area contributed by atoms with Gasteiger partial charge in [-0.1, -0.05) is 25.7 Å². The van der Waals surface area contributed by atoms with Gasteiger partial charge in [-0.25, -0.2) is 8.42 Å². The van der Waals surface area contributed by atoms with E-state index in [9.17, 15) is 8.42 Å². The van der Waals surface area contributed by atoms with Gasteiger partial charge in [0.05, 0.1) is 0 Å². The van der Waals surface area contributed by atoms with E-state index < -0.39 is 9.05 Å². The first kappa shape index (κ1) is 15.3. The fourth-order valence-electron chi connectivity index (χ4n) is 4.19. The summed E-state index contributed by atoms with van der Waals surface area (Å²) in [5.41, 5.74) is 0. The van der Waals surface area contributed by atoms with Crippen LogP contribution in [-0.2, 0) is 15.6 Å². The van der Waals surface area contributed by atoms with Crippen molar-refractivity contribution in [3.8, 4) is 0 Å². The van der Waals surface area contributed by atoms with Crippen LogP contribution in [-0.4, -0.2) is 23.2 Å². The third kappa shape index (κ3) is 2.97. The minimum absolute atomic E-state index is 0.104. The first-order valence-electron chi connectivity index (χ1n) is 7.88. The number of fused-ring (bicyclic) bond motifs is 1. The largest absolute Gasteiger partial charge is 0.301 e. The molecule has 0 saturated heterocycles. The number of aromatic nitrogens is 3. The lowest BCUT2D eigenvalue weighted by molar-refractivity contribution is 0.151. The van der Waals surface area contributed by atoms with Gasteiger partial charge in [0.1, 0.15) is 5.82 Å². The molecular weight excluding hydrogens is 310 g/mol. The van der Waals surface area contributed by atoms with E-state index in [-0.39, 0.29) is 5.16 Å². The van der Waals surface area contributed by atoms with E-state index in [2.05, 4.69) is 10.2 Å². The maximum absolute atomic E-state index is 11.6. The summed E-state index contributed by atoms with van der Waals surface area (Å²) in [5, 5.41) is 7.89. The Hall–Kier alpha value is -0.620. The van der Waals surface area contributed by atoms with Crippen molar-refractivity contribution < 1.29 is 8.42 Å². The first-order valence-corrected chi connectivity index (χ1v) is 10.2. The van der Waals surface area contributed by atoms with Crippen LogP contribution >= 0.6 is 10.7 Å². The molecule has 3 atom stereocenters. The lowest BCUT2D eigenvalue weighted by Crippen LogP contribution is -2.28. The average Bonchev–Trinajstić information content (AvgIpc) is 2.90. The van der Waals surface area contributed by atoms with Gasteiger partial charge in [-0.05, 0) is 38.0 Å². The number of nitrogens with zero attached hydrogens (tertiary/aromatic N) is 3. The summed E-state index contributed by atoms with van der Waals surface area (Å²) in [5.74, 6) is 2.77. The van der Waals surface area contributed by atoms with E-state index >= 15 is 0 Å². The van der Waals surface area contributed by atoms with Gasteiger partial charge in [-0.15, -0.1) is 10.2 Å². The minimum atomic E-state index is -3.83. The molecule has 1 aromatic rings. The zero-order valence-electron chi connectivity index (χ0n) is 12.3. The standard InChI is InChI=1S/C14H22ClN3O2S/c1-2-18-13(16-17-14(18)21(15,19)20)12-8-7-10-5-3-4-6-11(10)9-12/h10-12H,2-9H2,1H3. The molecule has 2 aliphatic rings. The van der Waals surface area contributed by atoms with Crippen LogP contribution in [0.3, 0.4) is 0 Å². The molecule has 2 aliphatic carbocycles. The summed E-state index contributed by atoms with van der Waals surface area (Å²) in [7, 11) is 1.63. The molecule has 0 aliphatic heterocycles. The van der Waals surface area contributed by atoms with Crippen LogP contribution in [0.25, 0.3) is 0 Å². The fraction of sp³-hybridized carbons (Fsp3) is 0.857. The van der Waals surface area contributed by atoms with Gasteiger partial charge in [0, 0.05) is 23.1 Å². The van der Waals surface area contributed by atoms with Crippen molar-refractivity contribution in [1.29, 1.82) is 0 Å². The summed E-state index contributed by atoms with van der Waals surface area (Å²) < 4.78 is 24.8. The quantitative estimate of drug-likeness (QED) is 0.797. The van der Waals surface area contributed by atoms with Gasteiger partial charge in [0.25, 0.3) is 14.2 Å². The van der Waals surface area contributed by atoms with Crippen LogP contribution in [0.1, 0.15) is 63.6 Å². The highest BCUT2D eigenvalue weighted by molar-refractivity contribution is 8.13. The van der Waals surface area contributed by atoms with Gasteiger partial charge in [0.2, 0.25) is 0 Å². The van der Waals surface area contributed by atoms with Crippen LogP contribution < -0.4 is 0 Å². The molecule has 0 N–H and O–H groups in total. The molecule has 0 bridgehead atoms. The van der Waals surface area contributed by atoms with E-state index in [4.69, 9.17) is 10.7 Å². The molecule has 3 unspecified atom stereocenters. The van der Waals surface area contributed by atoms with Crippen LogP contribution in [0.2, 0.25) is 0 Å². The monoisotopic (exact) mass is 331 g/mol. The third-order valence-electron chi connectivity index (χ3n) is 5.18. The van der Waals surface area contributed by atoms with Gasteiger partial charge >= 0.3 is 0 Å². The number of rotatable bonds is 3. The van der Waals surface area contributed by atoms with Crippen molar-refractivity contribution in [3.05, 3.63) is 5.82 Å². The van der Waals surface area contributed by atoms with Crippen molar-refractivity contribution in [2.45, 2.75) is 69.5 Å². The molecule has 0 amide bonds. The molecule has 0 spiro atoms. The number of hydrogen-bond acceptors (Lipinski definition) is 4. The molecule has 2 saturated carbocycles. The lowest BCUT2D eigenvalue weighted by atomic mass is 9.67. The normalized spacial score (nSPS) is 30.1. The molecule has 0 aromatic carbocycles. The van der Waals surface area contributed by atoms with E-state index in [1.165, 1.54) is 32.1 Å². The van der Waals surface area contributed by atoms with Crippen LogP contribution in [0.15, 0.2) is 5.16 Å². The first-order chi connectivity index (χ1) is 10.0. The molecule has 1 heterocycles. The zero-order valence-corrected chi connectivity index (χ0v) is 13.9. The summed E-state index contributed by atoms with van der Waals surface area (Å²) in [6.07, 6.45) is 8.80. The van der Waals surface area contributed by atoms with Gasteiger partial charge in [-0.2, -0.15) is 0 Å². The number of hydrogen-bond donors (Lipinski definition) is 0. The molecule has 5 nitrogen and oxygen atoms in total. The molecule has 2 fully saturated rings. The smallest absolute Gasteiger partial charge is 0.296 e. The maximum atomic E-state index is 11.6. The van der Waals surface area contributed by atoms with Gasteiger partial charge in [0.15, 0.2) is 0 Å². The Morgan fingerprint density at radius 1 is 1.14 bits per heavy atom. The second-order valence-electron chi connectivity index (χ2n) is 6.34. The van der Waals surface area contributed by atoms with E-state index in [0.717, 1.165) is 30.5 Å². The molecule has 1 aromatic heterocycles. The van der Waals surface area contributed by atoms with Crippen molar-refractivity contribution >= 4 is 19.7 Å². The highest BCUT2D eigenvalue weighted by atomic mass is 35.7. The molecule has 118 valence electrons. The van der Waals surface area contributed by atoms with Gasteiger partial charge < -0.3 is 4.57 Å². The second kappa shape index (κ2) is 5.88. The topological polar surface area (TPSA) is 64.8 Å². The maximum Gasteiger partial charge on any atom is 0.296 e. The SMILES string of the molecule is CCn1c(C2CCC3CCCCC3C2)nnc1S(=O)(=O)Cl. The van der Waals surface area contributed by atoms with Crippen molar-refractivity contribution in [2.75, 3.05) is 0 Å². The third-order valence-corrected chi connectivity index (χ3v) is 6.34.